The van der Waals surface area contributed by atoms with Crippen LogP contribution in [0.2, 0.25) is 10.2 Å². The van der Waals surface area contributed by atoms with E-state index in [9.17, 15) is 9.59 Å². The summed E-state index contributed by atoms with van der Waals surface area (Å²) in [5.74, 6) is -0.250. The molecule has 2 amide bonds. The van der Waals surface area contributed by atoms with E-state index in [1.54, 1.807) is 0 Å². The van der Waals surface area contributed by atoms with Crippen LogP contribution in [0.15, 0.2) is 18.2 Å². The molecule has 4 heterocycles. The minimum atomic E-state index is -0.746. The summed E-state index contributed by atoms with van der Waals surface area (Å²) in [5, 5.41) is 3.82. The molecule has 3 aliphatic rings. The Morgan fingerprint density at radius 3 is 2.58 bits per heavy atom. The van der Waals surface area contributed by atoms with Crippen LogP contribution in [0, 0.1) is 0 Å². The van der Waals surface area contributed by atoms with Crippen LogP contribution in [0.4, 0.5) is 11.6 Å². The molecule has 0 radical (unpaired) electrons. The number of nitrogens with one attached hydrogen (secondary N) is 1. The molecule has 1 aromatic heterocycles. The fourth-order valence-corrected chi connectivity index (χ4v) is 6.98. The lowest BCUT2D eigenvalue weighted by Gasteiger charge is -2.47. The van der Waals surface area contributed by atoms with Crippen molar-refractivity contribution in [3.05, 3.63) is 45.2 Å². The molecule has 0 spiro atoms. The maximum Gasteiger partial charge on any atom is 0.271 e. The number of likely N-dealkylation sites (tertiary alicyclic amines) is 1. The topological polar surface area (TPSA) is 143 Å². The minimum absolute atomic E-state index is 0.00115. The number of piperazine rings is 1. The van der Waals surface area contributed by atoms with Crippen molar-refractivity contribution in [1.82, 2.24) is 25.1 Å². The molecule has 5 rings (SSSR count). The number of benzene rings is 1. The molecule has 2 atom stereocenters. The van der Waals surface area contributed by atoms with Crippen molar-refractivity contribution in [2.45, 2.75) is 70.2 Å². The number of aromatic nitrogens is 2. The summed E-state index contributed by atoms with van der Waals surface area (Å²) in [5.41, 5.74) is 13.3. The number of piperidine rings is 1. The number of nitrogen functional groups attached to an aromatic ring is 1. The number of hydrogen-bond acceptors (Lipinski definition) is 9. The fourth-order valence-electron chi connectivity index (χ4n) is 6.54. The van der Waals surface area contributed by atoms with Gasteiger partial charge >= 0.3 is 0 Å². The van der Waals surface area contributed by atoms with Crippen LogP contribution in [0.3, 0.4) is 0 Å². The first-order valence-corrected chi connectivity index (χ1v) is 16.0. The lowest BCUT2D eigenvalue weighted by molar-refractivity contribution is -0.120. The van der Waals surface area contributed by atoms with Gasteiger partial charge in [0.25, 0.3) is 5.91 Å². The third-order valence-electron chi connectivity index (χ3n) is 8.89. The number of halogens is 2. The van der Waals surface area contributed by atoms with E-state index >= 15 is 0 Å². The summed E-state index contributed by atoms with van der Waals surface area (Å²) in [6, 6.07) is 6.71. The lowest BCUT2D eigenvalue weighted by atomic mass is 9.97. The second kappa shape index (κ2) is 14.4. The first kappa shape index (κ1) is 31.7. The molecule has 0 bridgehead atoms. The molecular weight excluding hydrogens is 591 g/mol. The van der Waals surface area contributed by atoms with Gasteiger partial charge in [-0.3, -0.25) is 19.4 Å². The summed E-state index contributed by atoms with van der Waals surface area (Å²) in [4.78, 5) is 40.0. The van der Waals surface area contributed by atoms with E-state index in [0.29, 0.717) is 35.9 Å². The highest BCUT2D eigenvalue weighted by atomic mass is 35.5. The highest BCUT2D eigenvalue weighted by Gasteiger charge is 2.34. The Hall–Kier alpha value is -2.70. The monoisotopic (exact) mass is 632 g/mol. The smallest absolute Gasteiger partial charge is 0.271 e. The quantitative estimate of drug-likeness (QED) is 0.360. The van der Waals surface area contributed by atoms with Gasteiger partial charge < -0.3 is 26.4 Å². The second-order valence-electron chi connectivity index (χ2n) is 11.7. The van der Waals surface area contributed by atoms with Gasteiger partial charge in [0.15, 0.2) is 22.5 Å². The maximum absolute atomic E-state index is 12.7. The molecule has 3 fully saturated rings. The summed E-state index contributed by atoms with van der Waals surface area (Å²) >= 11 is 12.7. The van der Waals surface area contributed by atoms with Gasteiger partial charge in [-0.1, -0.05) is 36.2 Å². The average molecular weight is 634 g/mol. The molecule has 1 aromatic carbocycles. The van der Waals surface area contributed by atoms with Crippen molar-refractivity contribution in [1.29, 1.82) is 0 Å². The van der Waals surface area contributed by atoms with Crippen LogP contribution in [0.1, 0.15) is 60.6 Å². The Morgan fingerprint density at radius 2 is 1.88 bits per heavy atom. The predicted molar refractivity (Wildman–Crippen MR) is 168 cm³/mol. The average Bonchev–Trinajstić information content (AvgIpc) is 3.52. The first-order valence-electron chi connectivity index (χ1n) is 15.2. The van der Waals surface area contributed by atoms with Crippen LogP contribution in [0.25, 0.3) is 0 Å². The van der Waals surface area contributed by atoms with Crippen LogP contribution in [-0.4, -0.2) is 95.6 Å². The van der Waals surface area contributed by atoms with Crippen molar-refractivity contribution in [3.8, 4) is 0 Å². The largest absolute Gasteiger partial charge is 0.382 e. The fraction of sp³-hybridized carbons (Fsp3) is 0.600. The number of ether oxygens (including phenoxy) is 1. The van der Waals surface area contributed by atoms with E-state index in [1.807, 2.05) is 12.1 Å². The summed E-state index contributed by atoms with van der Waals surface area (Å²) in [6.45, 7) is 8.67. The molecule has 13 heteroatoms. The Labute approximate surface area is 263 Å². The number of nitrogens with two attached hydrogens (primary N) is 2. The van der Waals surface area contributed by atoms with E-state index in [0.717, 1.165) is 89.1 Å². The van der Waals surface area contributed by atoms with E-state index in [2.05, 4.69) is 43.0 Å². The predicted octanol–water partition coefficient (Wildman–Crippen LogP) is 2.87. The number of primary amides is 1. The number of nitrogens with zero attached hydrogens (tertiary/aromatic N) is 5. The maximum atomic E-state index is 12.7. The Balaban J connectivity index is 1.15. The van der Waals surface area contributed by atoms with Gasteiger partial charge in [0, 0.05) is 56.4 Å². The van der Waals surface area contributed by atoms with Crippen molar-refractivity contribution < 1.29 is 14.3 Å². The number of anilines is 2. The van der Waals surface area contributed by atoms with Gasteiger partial charge in [-0.15, -0.1) is 0 Å². The number of rotatable bonds is 10. The zero-order valence-corrected chi connectivity index (χ0v) is 26.2. The van der Waals surface area contributed by atoms with E-state index in [4.69, 9.17) is 39.4 Å². The highest BCUT2D eigenvalue weighted by Crippen LogP contribution is 2.30. The third-order valence-corrected chi connectivity index (χ3v) is 9.37. The van der Waals surface area contributed by atoms with Crippen molar-refractivity contribution in [2.24, 2.45) is 5.73 Å². The van der Waals surface area contributed by atoms with Crippen molar-refractivity contribution in [3.63, 3.8) is 0 Å². The van der Waals surface area contributed by atoms with Gasteiger partial charge in [-0.2, -0.15) is 0 Å². The first-order chi connectivity index (χ1) is 20.7. The zero-order chi connectivity index (χ0) is 30.5. The summed E-state index contributed by atoms with van der Waals surface area (Å²) in [7, 11) is 0. The van der Waals surface area contributed by atoms with Gasteiger partial charge in [-0.25, -0.2) is 9.97 Å². The van der Waals surface area contributed by atoms with Crippen LogP contribution < -0.4 is 21.7 Å². The van der Waals surface area contributed by atoms with Gasteiger partial charge in [0.05, 0.1) is 12.5 Å². The molecule has 43 heavy (non-hydrogen) atoms. The lowest BCUT2D eigenvalue weighted by Crippen LogP contribution is -2.58. The van der Waals surface area contributed by atoms with E-state index in [-0.39, 0.29) is 28.7 Å². The third kappa shape index (κ3) is 7.88. The molecule has 3 saturated heterocycles. The minimum Gasteiger partial charge on any atom is -0.382 e. The zero-order valence-electron chi connectivity index (χ0n) is 24.7. The summed E-state index contributed by atoms with van der Waals surface area (Å²) < 4.78 is 5.63. The molecule has 2 aromatic rings. The standard InChI is InChI=1S/C30H42Cl2N8O3/c1-2-22-18-39(30-27(32)36-26(29(34)42)28(33)37-30)11-12-40(22)23-7-9-38(10-8-23)17-19-5-6-21(31)14-20(19)15-25(41)35-16-24-4-3-13-43-24/h5-6,14,22-24H,2-4,7-13,15-18H2,1H3,(H2,33,37)(H2,34,42)(H,35,41)/t22-,24?/m0/s1. The molecule has 1 unspecified atom stereocenters. The second-order valence-corrected chi connectivity index (χ2v) is 12.5. The summed E-state index contributed by atoms with van der Waals surface area (Å²) in [6.07, 6.45) is 5.62. The number of hydrogen-bond donors (Lipinski definition) is 3. The van der Waals surface area contributed by atoms with Gasteiger partial charge in [0.1, 0.15) is 0 Å². The molecule has 3 aliphatic heterocycles. The number of carbonyl (C=O) groups excluding carboxylic acids is 2. The molecular formula is C30H42Cl2N8O3. The molecule has 234 valence electrons. The molecule has 0 aliphatic carbocycles. The van der Waals surface area contributed by atoms with E-state index < -0.39 is 5.91 Å². The SMILES string of the molecule is CC[C@H]1CN(c2nc(N)c(C(N)=O)nc2Cl)CCN1C1CCN(Cc2ccc(Cl)cc2CC(=O)NCC2CCCO2)CC1. The normalized spacial score (nSPS) is 22.2. The number of carbonyl (C=O) groups is 2. The molecule has 0 saturated carbocycles. The Kier molecular flexibility index (Phi) is 10.6. The van der Waals surface area contributed by atoms with Gasteiger partial charge in [0.2, 0.25) is 5.91 Å². The number of amides is 2. The van der Waals surface area contributed by atoms with Crippen molar-refractivity contribution >= 4 is 46.7 Å². The van der Waals surface area contributed by atoms with E-state index in [1.165, 1.54) is 0 Å². The van der Waals surface area contributed by atoms with Crippen LogP contribution >= 0.6 is 23.2 Å². The van der Waals surface area contributed by atoms with Gasteiger partial charge in [-0.05, 0) is 68.5 Å². The van der Waals surface area contributed by atoms with Crippen molar-refractivity contribution in [2.75, 3.05) is 56.5 Å². The highest BCUT2D eigenvalue weighted by molar-refractivity contribution is 6.32. The Morgan fingerprint density at radius 1 is 1.09 bits per heavy atom. The Bertz CT molecular complexity index is 1300. The molecule has 5 N–H and O–H groups in total. The van der Waals surface area contributed by atoms with Crippen LogP contribution in [-0.2, 0) is 22.5 Å². The molecule has 11 nitrogen and oxygen atoms in total. The van der Waals surface area contributed by atoms with Crippen LogP contribution in [0.5, 0.6) is 0 Å².